The predicted molar refractivity (Wildman–Crippen MR) is 93.9 cm³/mol. The molecule has 134 valence electrons. The molecule has 2 heterocycles. The summed E-state index contributed by atoms with van der Waals surface area (Å²) in [5.41, 5.74) is 10.7. The Hall–Kier alpha value is -2.35. The van der Waals surface area contributed by atoms with Crippen LogP contribution in [0.1, 0.15) is 18.2 Å². The number of pyridine rings is 1. The molecule has 2 aromatic rings. The molecule has 1 saturated heterocycles. The van der Waals surface area contributed by atoms with Gasteiger partial charge in [0.1, 0.15) is 12.8 Å². The number of hydrogen-bond donors (Lipinski definition) is 2. The molecule has 0 saturated carbocycles. The van der Waals surface area contributed by atoms with Gasteiger partial charge in [-0.25, -0.2) is 0 Å². The van der Waals surface area contributed by atoms with Crippen LogP contribution >= 0.6 is 0 Å². The second-order valence-electron chi connectivity index (χ2n) is 6.06. The van der Waals surface area contributed by atoms with Crippen LogP contribution in [-0.4, -0.2) is 29.8 Å². The van der Waals surface area contributed by atoms with Gasteiger partial charge in [0.25, 0.3) is 0 Å². The molecule has 1 aromatic carbocycles. The normalized spacial score (nSPS) is 17.2. The highest BCUT2D eigenvalue weighted by Gasteiger charge is 2.38. The predicted octanol–water partition coefficient (Wildman–Crippen LogP) is 1.33. The molecule has 0 radical (unpaired) electrons. The number of nitrogens with one attached hydrogen (secondary N) is 1. The Morgan fingerprint density at radius 3 is 2.64 bits per heavy atom. The summed E-state index contributed by atoms with van der Waals surface area (Å²) in [7, 11) is 0. The van der Waals surface area contributed by atoms with Crippen molar-refractivity contribution in [2.75, 3.05) is 18.6 Å². The number of nitrogens with two attached hydrogens (primary N) is 1. The standard InChI is InChI=1S/C18H23N3O4/c1-13-16(23-12-14-6-4-3-5-7-14)15(22)8-9-21(13)20-17(19)18(2)24-10-11-25-18/h3-9,17,20H,10-12,19H2,1-2H3. The third-order valence-corrected chi connectivity index (χ3v) is 4.22. The minimum Gasteiger partial charge on any atom is -0.483 e. The second kappa shape index (κ2) is 7.26. The first-order valence-corrected chi connectivity index (χ1v) is 8.18. The van der Waals surface area contributed by atoms with Crippen LogP contribution in [0.2, 0.25) is 0 Å². The summed E-state index contributed by atoms with van der Waals surface area (Å²) in [6, 6.07) is 11.1. The molecule has 25 heavy (non-hydrogen) atoms. The molecule has 0 bridgehead atoms. The Bertz CT molecular complexity index is 770. The van der Waals surface area contributed by atoms with Gasteiger partial charge in [-0.3, -0.25) is 9.47 Å². The molecule has 1 aromatic heterocycles. The average molecular weight is 345 g/mol. The number of hydrogen-bond acceptors (Lipinski definition) is 6. The molecule has 7 nitrogen and oxygen atoms in total. The molecule has 3 rings (SSSR count). The zero-order valence-corrected chi connectivity index (χ0v) is 14.4. The first kappa shape index (κ1) is 17.5. The molecule has 1 aliphatic rings. The smallest absolute Gasteiger partial charge is 0.223 e. The highest BCUT2D eigenvalue weighted by molar-refractivity contribution is 5.28. The van der Waals surface area contributed by atoms with Gasteiger partial charge in [0.2, 0.25) is 11.2 Å². The third kappa shape index (κ3) is 3.84. The van der Waals surface area contributed by atoms with Crippen molar-refractivity contribution in [3.8, 4) is 5.75 Å². The monoisotopic (exact) mass is 345 g/mol. The van der Waals surface area contributed by atoms with Crippen LogP contribution in [0, 0.1) is 6.92 Å². The van der Waals surface area contributed by atoms with Gasteiger partial charge in [-0.1, -0.05) is 30.3 Å². The molecular formula is C18H23N3O4. The van der Waals surface area contributed by atoms with Crippen LogP contribution in [0.25, 0.3) is 0 Å². The fourth-order valence-electron chi connectivity index (χ4n) is 2.64. The summed E-state index contributed by atoms with van der Waals surface area (Å²) in [5, 5.41) is 0. The van der Waals surface area contributed by atoms with Crippen molar-refractivity contribution in [2.24, 2.45) is 5.73 Å². The molecule has 1 atom stereocenters. The number of nitrogens with zero attached hydrogens (tertiary/aromatic N) is 1. The van der Waals surface area contributed by atoms with Gasteiger partial charge in [0.15, 0.2) is 5.75 Å². The maximum atomic E-state index is 12.2. The van der Waals surface area contributed by atoms with E-state index >= 15 is 0 Å². The van der Waals surface area contributed by atoms with Crippen molar-refractivity contribution < 1.29 is 14.2 Å². The van der Waals surface area contributed by atoms with Crippen LogP contribution in [0.5, 0.6) is 5.75 Å². The summed E-state index contributed by atoms with van der Waals surface area (Å²) in [5.74, 6) is -0.634. The lowest BCUT2D eigenvalue weighted by molar-refractivity contribution is -0.154. The average Bonchev–Trinajstić information content (AvgIpc) is 3.06. The third-order valence-electron chi connectivity index (χ3n) is 4.22. The SMILES string of the molecule is Cc1c(OCc2ccccc2)c(=O)ccn1NC(N)C1(C)OCCO1. The van der Waals surface area contributed by atoms with E-state index in [-0.39, 0.29) is 11.2 Å². The zero-order chi connectivity index (χ0) is 17.9. The molecule has 0 spiro atoms. The van der Waals surface area contributed by atoms with Crippen LogP contribution in [0.4, 0.5) is 0 Å². The van der Waals surface area contributed by atoms with E-state index < -0.39 is 12.0 Å². The van der Waals surface area contributed by atoms with Gasteiger partial charge in [-0.15, -0.1) is 0 Å². The Morgan fingerprint density at radius 1 is 1.28 bits per heavy atom. The largest absolute Gasteiger partial charge is 0.483 e. The summed E-state index contributed by atoms with van der Waals surface area (Å²) in [4.78, 5) is 12.2. The van der Waals surface area contributed by atoms with Crippen molar-refractivity contribution in [3.63, 3.8) is 0 Å². The highest BCUT2D eigenvalue weighted by Crippen LogP contribution is 2.21. The van der Waals surface area contributed by atoms with Gasteiger partial charge in [-0.2, -0.15) is 0 Å². The maximum Gasteiger partial charge on any atom is 0.223 e. The number of ether oxygens (including phenoxy) is 3. The van der Waals surface area contributed by atoms with Crippen LogP contribution in [-0.2, 0) is 16.1 Å². The maximum absolute atomic E-state index is 12.2. The molecule has 7 heteroatoms. The van der Waals surface area contributed by atoms with Crippen LogP contribution < -0.4 is 21.3 Å². The van der Waals surface area contributed by atoms with Crippen molar-refractivity contribution in [2.45, 2.75) is 32.4 Å². The molecule has 0 aliphatic carbocycles. The van der Waals surface area contributed by atoms with Crippen molar-refractivity contribution in [1.29, 1.82) is 0 Å². The molecular weight excluding hydrogens is 322 g/mol. The van der Waals surface area contributed by atoms with E-state index in [2.05, 4.69) is 5.43 Å². The van der Waals surface area contributed by atoms with E-state index in [9.17, 15) is 4.79 Å². The highest BCUT2D eigenvalue weighted by atomic mass is 16.7. The van der Waals surface area contributed by atoms with Crippen molar-refractivity contribution in [3.05, 3.63) is 64.1 Å². The molecule has 1 unspecified atom stereocenters. The Kier molecular flexibility index (Phi) is 5.08. The van der Waals surface area contributed by atoms with E-state index in [0.717, 1.165) is 5.56 Å². The zero-order valence-electron chi connectivity index (χ0n) is 14.4. The first-order valence-electron chi connectivity index (χ1n) is 8.18. The van der Waals surface area contributed by atoms with E-state index in [1.165, 1.54) is 6.07 Å². The Balaban J connectivity index is 1.76. The minimum absolute atomic E-state index is 0.181. The fraction of sp³-hybridized carbons (Fsp3) is 0.389. The van der Waals surface area contributed by atoms with E-state index in [1.54, 1.807) is 24.7 Å². The van der Waals surface area contributed by atoms with Gasteiger partial charge < -0.3 is 25.4 Å². The summed E-state index contributed by atoms with van der Waals surface area (Å²) in [6.45, 7) is 4.89. The lowest BCUT2D eigenvalue weighted by Crippen LogP contribution is -2.54. The number of aromatic nitrogens is 1. The van der Waals surface area contributed by atoms with Gasteiger partial charge >= 0.3 is 0 Å². The van der Waals surface area contributed by atoms with Gasteiger partial charge in [-0.05, 0) is 19.4 Å². The number of benzene rings is 1. The van der Waals surface area contributed by atoms with Crippen LogP contribution in [0.15, 0.2) is 47.4 Å². The minimum atomic E-state index is -0.916. The van der Waals surface area contributed by atoms with E-state index in [4.69, 9.17) is 19.9 Å². The lowest BCUT2D eigenvalue weighted by Gasteiger charge is -2.31. The lowest BCUT2D eigenvalue weighted by atomic mass is 10.2. The quantitative estimate of drug-likeness (QED) is 0.768. The molecule has 1 aliphatic heterocycles. The Morgan fingerprint density at radius 2 is 1.96 bits per heavy atom. The first-order chi connectivity index (χ1) is 12.0. The van der Waals surface area contributed by atoms with Crippen molar-refractivity contribution in [1.82, 2.24) is 4.68 Å². The summed E-state index contributed by atoms with van der Waals surface area (Å²) >= 11 is 0. The van der Waals surface area contributed by atoms with E-state index in [1.807, 2.05) is 30.3 Å². The van der Waals surface area contributed by atoms with E-state index in [0.29, 0.717) is 25.5 Å². The molecule has 3 N–H and O–H groups in total. The molecule has 0 amide bonds. The van der Waals surface area contributed by atoms with Gasteiger partial charge in [0, 0.05) is 12.3 Å². The van der Waals surface area contributed by atoms with Crippen LogP contribution in [0.3, 0.4) is 0 Å². The van der Waals surface area contributed by atoms with Crippen molar-refractivity contribution >= 4 is 0 Å². The summed E-state index contributed by atoms with van der Waals surface area (Å²) in [6.07, 6.45) is 1.00. The number of rotatable bonds is 6. The summed E-state index contributed by atoms with van der Waals surface area (Å²) < 4.78 is 18.5. The second-order valence-corrected chi connectivity index (χ2v) is 6.06. The fourth-order valence-corrected chi connectivity index (χ4v) is 2.64. The topological polar surface area (TPSA) is 87.7 Å². The molecule has 1 fully saturated rings. The van der Waals surface area contributed by atoms with Gasteiger partial charge in [0.05, 0.1) is 18.9 Å². The Labute approximate surface area is 146 Å².